The number of urea groups is 1. The maximum absolute atomic E-state index is 13.2. The number of hydrogen-bond acceptors (Lipinski definition) is 7. The van der Waals surface area contributed by atoms with Crippen LogP contribution in [0.1, 0.15) is 31.4 Å². The Morgan fingerprint density at radius 2 is 1.82 bits per heavy atom. The largest absolute Gasteiger partial charge is 0.489 e. The highest BCUT2D eigenvalue weighted by molar-refractivity contribution is 5.95. The van der Waals surface area contributed by atoms with Gasteiger partial charge in [0.2, 0.25) is 5.75 Å². The number of nitriles is 1. The summed E-state index contributed by atoms with van der Waals surface area (Å²) in [6.07, 6.45) is 2.63. The predicted octanol–water partition coefficient (Wildman–Crippen LogP) is 6.50. The maximum atomic E-state index is 13.2. The van der Waals surface area contributed by atoms with E-state index in [0.717, 1.165) is 5.56 Å². The average Bonchev–Trinajstić information content (AvgIpc) is 2.96. The average molecular weight is 543 g/mol. The second kappa shape index (κ2) is 12.2. The first-order valence-electron chi connectivity index (χ1n) is 12.8. The highest BCUT2D eigenvalue weighted by Gasteiger charge is 2.24. The van der Waals surface area contributed by atoms with Gasteiger partial charge >= 0.3 is 6.03 Å². The topological polar surface area (TPSA) is 115 Å². The quantitative estimate of drug-likeness (QED) is 0.232. The number of aromatic nitrogens is 1. The molecule has 0 saturated heterocycles. The van der Waals surface area contributed by atoms with Crippen molar-refractivity contribution in [3.05, 3.63) is 78.2 Å². The highest BCUT2D eigenvalue weighted by Crippen LogP contribution is 2.48. The summed E-state index contributed by atoms with van der Waals surface area (Å²) in [5, 5.41) is 15.0. The summed E-state index contributed by atoms with van der Waals surface area (Å²) in [6, 6.07) is 17.8. The van der Waals surface area contributed by atoms with Crippen LogP contribution in [0.5, 0.6) is 28.7 Å². The number of carbonyl (C=O) groups is 1. The number of benzene rings is 3. The Morgan fingerprint density at radius 3 is 2.58 bits per heavy atom. The summed E-state index contributed by atoms with van der Waals surface area (Å²) in [6.45, 7) is 2.94. The molecule has 1 atom stereocenters. The van der Waals surface area contributed by atoms with Crippen molar-refractivity contribution in [2.24, 2.45) is 0 Å². The number of carbonyl (C=O) groups excluding carboxylic acids is 1. The highest BCUT2D eigenvalue weighted by atomic mass is 19.1. The van der Waals surface area contributed by atoms with Gasteiger partial charge in [-0.1, -0.05) is 12.1 Å². The van der Waals surface area contributed by atoms with E-state index in [2.05, 4.69) is 21.7 Å². The number of ether oxygens (including phenoxy) is 4. The minimum Gasteiger partial charge on any atom is -0.489 e. The lowest BCUT2D eigenvalue weighted by molar-refractivity contribution is 0.164. The molecule has 0 unspecified atom stereocenters. The van der Waals surface area contributed by atoms with E-state index in [-0.39, 0.29) is 17.9 Å². The summed E-state index contributed by atoms with van der Waals surface area (Å²) >= 11 is 0. The molecule has 2 amide bonds. The number of unbranched alkanes of at least 4 members (excludes halogenated alkanes) is 1. The maximum Gasteiger partial charge on any atom is 0.319 e. The molecule has 1 aliphatic rings. The lowest BCUT2D eigenvalue weighted by Crippen LogP contribution is -2.31. The molecule has 2 heterocycles. The minimum absolute atomic E-state index is 0.302. The molecule has 40 heavy (non-hydrogen) atoms. The standard InChI is InChI=1S/C30H27FN4O5/c1-19(20-4-6-21(31)7-5-20)34-30(36)35-22-8-10-23(11-9-22)40-25-12-14-33-24-18-26(37-15-3-2-13-32)28-29(27(24)25)39-17-16-38-28/h4-12,14,18-19H,2-3,15-17H2,1H3,(H2,34,35,36)/t19-/m0/s1. The van der Waals surface area contributed by atoms with Gasteiger partial charge in [-0.15, -0.1) is 0 Å². The zero-order valence-corrected chi connectivity index (χ0v) is 21.8. The summed E-state index contributed by atoms with van der Waals surface area (Å²) in [5.74, 6) is 2.22. The van der Waals surface area contributed by atoms with Crippen molar-refractivity contribution < 1.29 is 28.1 Å². The van der Waals surface area contributed by atoms with Gasteiger partial charge in [0.05, 0.1) is 29.6 Å². The van der Waals surface area contributed by atoms with Crippen LogP contribution in [0.2, 0.25) is 0 Å². The van der Waals surface area contributed by atoms with Crippen molar-refractivity contribution in [2.45, 2.75) is 25.8 Å². The third kappa shape index (κ3) is 6.15. The van der Waals surface area contributed by atoms with Crippen LogP contribution in [-0.4, -0.2) is 30.8 Å². The Hall–Kier alpha value is -5.04. The Kier molecular flexibility index (Phi) is 8.11. The van der Waals surface area contributed by atoms with Crippen LogP contribution in [0, 0.1) is 17.1 Å². The number of pyridine rings is 1. The number of nitrogens with one attached hydrogen (secondary N) is 2. The molecular weight excluding hydrogens is 515 g/mol. The van der Waals surface area contributed by atoms with E-state index in [1.165, 1.54) is 12.1 Å². The molecule has 1 aliphatic heterocycles. The summed E-state index contributed by atoms with van der Waals surface area (Å²) in [7, 11) is 0. The number of amides is 2. The molecule has 10 heteroatoms. The van der Waals surface area contributed by atoms with Crippen molar-refractivity contribution in [3.63, 3.8) is 0 Å². The number of hydrogen-bond donors (Lipinski definition) is 2. The first kappa shape index (κ1) is 26.6. The number of nitrogens with zero attached hydrogens (tertiary/aromatic N) is 2. The van der Waals surface area contributed by atoms with E-state index in [1.807, 2.05) is 6.92 Å². The Morgan fingerprint density at radius 1 is 1.07 bits per heavy atom. The van der Waals surface area contributed by atoms with E-state index in [1.54, 1.807) is 54.7 Å². The fourth-order valence-electron chi connectivity index (χ4n) is 4.23. The molecule has 5 rings (SSSR count). The van der Waals surface area contributed by atoms with Crippen LogP contribution in [0.25, 0.3) is 10.9 Å². The zero-order valence-electron chi connectivity index (χ0n) is 21.8. The van der Waals surface area contributed by atoms with Gasteiger partial charge in [-0.05, 0) is 61.4 Å². The van der Waals surface area contributed by atoms with Crippen LogP contribution < -0.4 is 29.6 Å². The molecule has 0 fully saturated rings. The molecule has 0 aliphatic carbocycles. The first-order valence-corrected chi connectivity index (χ1v) is 12.8. The van der Waals surface area contributed by atoms with Crippen molar-refractivity contribution in [1.29, 1.82) is 5.26 Å². The Labute approximate surface area is 230 Å². The van der Waals surface area contributed by atoms with Gasteiger partial charge < -0.3 is 29.6 Å². The third-order valence-electron chi connectivity index (χ3n) is 6.19. The fourth-order valence-corrected chi connectivity index (χ4v) is 4.23. The van der Waals surface area contributed by atoms with E-state index < -0.39 is 0 Å². The first-order chi connectivity index (χ1) is 19.5. The van der Waals surface area contributed by atoms with Gasteiger partial charge in [-0.3, -0.25) is 4.98 Å². The number of anilines is 1. The van der Waals surface area contributed by atoms with Crippen molar-refractivity contribution in [1.82, 2.24) is 10.3 Å². The van der Waals surface area contributed by atoms with Gasteiger partial charge in [0, 0.05) is 24.4 Å². The molecule has 4 aromatic rings. The SMILES string of the molecule is C[C@H](NC(=O)Nc1ccc(Oc2ccnc3cc(OCCCC#N)c4c(c23)OCCO4)cc1)c1ccc(F)cc1. The zero-order chi connectivity index (χ0) is 27.9. The van der Waals surface area contributed by atoms with Crippen LogP contribution >= 0.6 is 0 Å². The smallest absolute Gasteiger partial charge is 0.319 e. The number of fused-ring (bicyclic) bond motifs is 3. The van der Waals surface area contributed by atoms with Crippen LogP contribution in [0.3, 0.4) is 0 Å². The van der Waals surface area contributed by atoms with Gasteiger partial charge in [0.15, 0.2) is 11.5 Å². The summed E-state index contributed by atoms with van der Waals surface area (Å²) < 4.78 is 37.1. The van der Waals surface area contributed by atoms with Crippen LogP contribution in [-0.2, 0) is 0 Å². The molecule has 9 nitrogen and oxygen atoms in total. The van der Waals surface area contributed by atoms with Crippen molar-refractivity contribution >= 4 is 22.6 Å². The van der Waals surface area contributed by atoms with E-state index >= 15 is 0 Å². The lowest BCUT2D eigenvalue weighted by Gasteiger charge is -2.23. The number of rotatable bonds is 9. The Bertz CT molecular complexity index is 1540. The fraction of sp³-hybridized carbons (Fsp3) is 0.233. The molecule has 204 valence electrons. The molecular formula is C30H27FN4O5. The van der Waals surface area contributed by atoms with Gasteiger partial charge in [0.1, 0.15) is 30.5 Å². The molecule has 0 radical (unpaired) electrons. The van der Waals surface area contributed by atoms with E-state index in [4.69, 9.17) is 24.2 Å². The predicted molar refractivity (Wildman–Crippen MR) is 147 cm³/mol. The van der Waals surface area contributed by atoms with Crippen molar-refractivity contribution in [3.8, 4) is 34.8 Å². The molecule has 1 aromatic heterocycles. The van der Waals surface area contributed by atoms with Crippen LogP contribution in [0.15, 0.2) is 66.9 Å². The number of halogens is 1. The molecule has 0 saturated carbocycles. The van der Waals surface area contributed by atoms with E-state index in [0.29, 0.717) is 78.0 Å². The monoisotopic (exact) mass is 542 g/mol. The van der Waals surface area contributed by atoms with Crippen LogP contribution in [0.4, 0.5) is 14.9 Å². The lowest BCUT2D eigenvalue weighted by atomic mass is 10.1. The third-order valence-corrected chi connectivity index (χ3v) is 6.19. The van der Waals surface area contributed by atoms with Gasteiger partial charge in [-0.2, -0.15) is 5.26 Å². The Balaban J connectivity index is 1.29. The molecule has 3 aromatic carbocycles. The second-order valence-electron chi connectivity index (χ2n) is 9.04. The molecule has 2 N–H and O–H groups in total. The minimum atomic E-state index is -0.389. The van der Waals surface area contributed by atoms with Gasteiger partial charge in [0.25, 0.3) is 0 Å². The molecule has 0 bridgehead atoms. The summed E-state index contributed by atoms with van der Waals surface area (Å²) in [4.78, 5) is 16.9. The molecule has 0 spiro atoms. The van der Waals surface area contributed by atoms with Crippen molar-refractivity contribution in [2.75, 3.05) is 25.1 Å². The summed E-state index contributed by atoms with van der Waals surface area (Å²) in [5.41, 5.74) is 1.98. The second-order valence-corrected chi connectivity index (χ2v) is 9.04. The van der Waals surface area contributed by atoms with E-state index in [9.17, 15) is 9.18 Å². The van der Waals surface area contributed by atoms with Gasteiger partial charge in [-0.25, -0.2) is 9.18 Å². The normalized spacial score (nSPS) is 12.7.